The van der Waals surface area contributed by atoms with Gasteiger partial charge in [-0.25, -0.2) is 0 Å². The topological polar surface area (TPSA) is 38.8 Å². The fourth-order valence-corrected chi connectivity index (χ4v) is 4.68. The Labute approximate surface area is 170 Å². The van der Waals surface area contributed by atoms with Gasteiger partial charge in [-0.2, -0.15) is 0 Å². The molecule has 4 heteroatoms. The van der Waals surface area contributed by atoms with Crippen LogP contribution < -0.4 is 9.47 Å². The van der Waals surface area contributed by atoms with Gasteiger partial charge in [-0.05, 0) is 51.9 Å². The molecule has 0 N–H and O–H groups in total. The normalized spacial score (nSPS) is 14.8. The first-order valence-electron chi connectivity index (χ1n) is 9.92. The molecule has 3 aromatic rings. The first-order chi connectivity index (χ1) is 14.2. The summed E-state index contributed by atoms with van der Waals surface area (Å²) in [6.07, 6.45) is 0.817. The molecule has 0 spiro atoms. The fourth-order valence-electron chi connectivity index (χ4n) is 4.68. The van der Waals surface area contributed by atoms with Crippen LogP contribution in [0.25, 0.3) is 11.1 Å². The smallest absolute Gasteiger partial charge is 0.234 e. The van der Waals surface area contributed by atoms with E-state index in [4.69, 9.17) is 9.47 Å². The Bertz CT molecular complexity index is 1060. The minimum Gasteiger partial charge on any atom is -0.493 e. The lowest BCUT2D eigenvalue weighted by Crippen LogP contribution is -2.39. The minimum absolute atomic E-state index is 0.169. The highest BCUT2D eigenvalue weighted by molar-refractivity contribution is 5.96. The molecule has 3 aromatic carbocycles. The highest BCUT2D eigenvalue weighted by Gasteiger charge is 2.36. The molecule has 1 amide bonds. The second-order valence-electron chi connectivity index (χ2n) is 7.59. The van der Waals surface area contributed by atoms with Gasteiger partial charge in [0.05, 0.1) is 20.1 Å². The molecule has 1 aliphatic heterocycles. The molecule has 1 aliphatic carbocycles. The average molecular weight is 385 g/mol. The van der Waals surface area contributed by atoms with E-state index >= 15 is 0 Å². The number of benzene rings is 3. The largest absolute Gasteiger partial charge is 0.493 e. The average Bonchev–Trinajstić information content (AvgIpc) is 3.11. The van der Waals surface area contributed by atoms with Gasteiger partial charge in [0.25, 0.3) is 0 Å². The van der Waals surface area contributed by atoms with E-state index in [1.165, 1.54) is 16.7 Å². The van der Waals surface area contributed by atoms with Gasteiger partial charge in [0, 0.05) is 13.1 Å². The van der Waals surface area contributed by atoms with Crippen LogP contribution in [0.5, 0.6) is 11.5 Å². The van der Waals surface area contributed by atoms with Gasteiger partial charge >= 0.3 is 0 Å². The van der Waals surface area contributed by atoms with Crippen LogP contribution in [0, 0.1) is 0 Å². The summed E-state index contributed by atoms with van der Waals surface area (Å²) in [5.74, 6) is 1.38. The zero-order chi connectivity index (χ0) is 20.0. The lowest BCUT2D eigenvalue weighted by Gasteiger charge is -2.32. The molecule has 0 saturated carbocycles. The number of methoxy groups -OCH3 is 2. The van der Waals surface area contributed by atoms with Gasteiger partial charge in [0.15, 0.2) is 11.5 Å². The first-order valence-corrected chi connectivity index (χ1v) is 9.92. The fraction of sp³-hybridized carbons (Fsp3) is 0.240. The van der Waals surface area contributed by atoms with Crippen molar-refractivity contribution < 1.29 is 14.3 Å². The van der Waals surface area contributed by atoms with E-state index < -0.39 is 0 Å². The third-order valence-electron chi connectivity index (χ3n) is 6.11. The van der Waals surface area contributed by atoms with Gasteiger partial charge in [0.2, 0.25) is 5.91 Å². The monoisotopic (exact) mass is 385 g/mol. The van der Waals surface area contributed by atoms with Gasteiger partial charge in [-0.1, -0.05) is 48.5 Å². The Morgan fingerprint density at radius 2 is 1.41 bits per heavy atom. The molecule has 5 rings (SSSR count). The molecule has 0 radical (unpaired) electrons. The number of amides is 1. The third-order valence-corrected chi connectivity index (χ3v) is 6.11. The number of nitrogens with zero attached hydrogens (tertiary/aromatic N) is 1. The van der Waals surface area contributed by atoms with Crippen LogP contribution in [0.2, 0.25) is 0 Å². The van der Waals surface area contributed by atoms with Gasteiger partial charge < -0.3 is 14.4 Å². The standard InChI is InChI=1S/C25H23NO3/c1-28-22-13-16-11-12-26(15-17(16)14-23(22)29-2)25(27)24-20-9-5-3-7-18(20)19-8-4-6-10-21(19)24/h3-10,13-14,24H,11-12,15H2,1-2H3. The van der Waals surface area contributed by atoms with Crippen molar-refractivity contribution in [2.24, 2.45) is 0 Å². The molecule has 29 heavy (non-hydrogen) atoms. The zero-order valence-corrected chi connectivity index (χ0v) is 16.6. The van der Waals surface area contributed by atoms with Gasteiger partial charge in [-0.3, -0.25) is 4.79 Å². The van der Waals surface area contributed by atoms with E-state index in [1.807, 2.05) is 41.3 Å². The Morgan fingerprint density at radius 3 is 2.00 bits per heavy atom. The summed E-state index contributed by atoms with van der Waals surface area (Å²) in [6, 6.07) is 20.6. The maximum atomic E-state index is 13.7. The number of hydrogen-bond donors (Lipinski definition) is 0. The van der Waals surface area contributed by atoms with E-state index in [9.17, 15) is 4.79 Å². The van der Waals surface area contributed by atoms with Crippen LogP contribution in [0.4, 0.5) is 0 Å². The van der Waals surface area contributed by atoms with E-state index in [1.54, 1.807) is 14.2 Å². The molecule has 4 nitrogen and oxygen atoms in total. The molecular formula is C25H23NO3. The number of fused-ring (bicyclic) bond motifs is 4. The van der Waals surface area contributed by atoms with E-state index in [-0.39, 0.29) is 11.8 Å². The lowest BCUT2D eigenvalue weighted by atomic mass is 9.93. The minimum atomic E-state index is -0.232. The molecule has 0 fully saturated rings. The molecule has 0 unspecified atom stereocenters. The molecule has 1 heterocycles. The number of carbonyl (C=O) groups excluding carboxylic acids is 1. The SMILES string of the molecule is COc1cc2c(cc1OC)CN(C(=O)C1c3ccccc3-c3ccccc31)CC2. The van der Waals surface area contributed by atoms with Crippen molar-refractivity contribution in [3.8, 4) is 22.6 Å². The second-order valence-corrected chi connectivity index (χ2v) is 7.59. The maximum Gasteiger partial charge on any atom is 0.234 e. The van der Waals surface area contributed by atoms with Gasteiger partial charge in [-0.15, -0.1) is 0 Å². The van der Waals surface area contributed by atoms with Crippen molar-refractivity contribution in [1.82, 2.24) is 4.90 Å². The summed E-state index contributed by atoms with van der Waals surface area (Å²) in [6.45, 7) is 1.30. The highest BCUT2D eigenvalue weighted by atomic mass is 16.5. The summed E-state index contributed by atoms with van der Waals surface area (Å²) in [4.78, 5) is 15.7. The van der Waals surface area contributed by atoms with E-state index in [2.05, 4.69) is 24.3 Å². The van der Waals surface area contributed by atoms with Crippen LogP contribution in [-0.4, -0.2) is 31.6 Å². The second kappa shape index (κ2) is 6.96. The number of ether oxygens (including phenoxy) is 2. The highest BCUT2D eigenvalue weighted by Crippen LogP contribution is 2.46. The van der Waals surface area contributed by atoms with E-state index in [0.29, 0.717) is 18.8 Å². The Kier molecular flexibility index (Phi) is 4.27. The van der Waals surface area contributed by atoms with Crippen LogP contribution in [-0.2, 0) is 17.8 Å². The lowest BCUT2D eigenvalue weighted by molar-refractivity contribution is -0.132. The van der Waals surface area contributed by atoms with Crippen LogP contribution >= 0.6 is 0 Å². The van der Waals surface area contributed by atoms with Crippen LogP contribution in [0.3, 0.4) is 0 Å². The van der Waals surface area contributed by atoms with Crippen molar-refractivity contribution in [3.05, 3.63) is 82.9 Å². The number of rotatable bonds is 3. The van der Waals surface area contributed by atoms with Crippen molar-refractivity contribution in [2.75, 3.05) is 20.8 Å². The molecule has 0 saturated heterocycles. The molecule has 0 atom stereocenters. The van der Waals surface area contributed by atoms with Crippen LogP contribution in [0.15, 0.2) is 60.7 Å². The molecule has 2 aliphatic rings. The summed E-state index contributed by atoms with van der Waals surface area (Å²) in [5, 5.41) is 0. The van der Waals surface area contributed by atoms with Crippen molar-refractivity contribution in [1.29, 1.82) is 0 Å². The first kappa shape index (κ1) is 17.8. The Hall–Kier alpha value is -3.27. The molecule has 146 valence electrons. The van der Waals surface area contributed by atoms with Crippen molar-refractivity contribution in [2.45, 2.75) is 18.9 Å². The zero-order valence-electron chi connectivity index (χ0n) is 16.6. The number of hydrogen-bond acceptors (Lipinski definition) is 3. The predicted molar refractivity (Wildman–Crippen MR) is 112 cm³/mol. The number of carbonyl (C=O) groups is 1. The third kappa shape index (κ3) is 2.79. The van der Waals surface area contributed by atoms with E-state index in [0.717, 1.165) is 28.9 Å². The Morgan fingerprint density at radius 1 is 0.862 bits per heavy atom. The predicted octanol–water partition coefficient (Wildman–Crippen LogP) is 4.40. The summed E-state index contributed by atoms with van der Waals surface area (Å²) in [7, 11) is 3.29. The van der Waals surface area contributed by atoms with Crippen molar-refractivity contribution in [3.63, 3.8) is 0 Å². The van der Waals surface area contributed by atoms with Crippen molar-refractivity contribution >= 4 is 5.91 Å². The van der Waals surface area contributed by atoms with Gasteiger partial charge in [0.1, 0.15) is 0 Å². The Balaban J connectivity index is 1.50. The maximum absolute atomic E-state index is 13.7. The molecule has 0 bridgehead atoms. The summed E-state index contributed by atoms with van der Waals surface area (Å²) < 4.78 is 10.9. The summed E-state index contributed by atoms with van der Waals surface area (Å²) in [5.41, 5.74) is 6.91. The summed E-state index contributed by atoms with van der Waals surface area (Å²) >= 11 is 0. The molecular weight excluding hydrogens is 362 g/mol. The molecule has 0 aromatic heterocycles. The quantitative estimate of drug-likeness (QED) is 0.671. The van der Waals surface area contributed by atoms with Crippen LogP contribution in [0.1, 0.15) is 28.2 Å².